The summed E-state index contributed by atoms with van der Waals surface area (Å²) in [5.74, 6) is -0.207. The predicted molar refractivity (Wildman–Crippen MR) is 117 cm³/mol. The second-order valence-corrected chi connectivity index (χ2v) is 8.64. The molecule has 1 atom stereocenters. The third-order valence-electron chi connectivity index (χ3n) is 5.22. The molecule has 0 bridgehead atoms. The maximum Gasteiger partial charge on any atom is 0.306 e. The molecule has 0 fully saturated rings. The highest BCUT2D eigenvalue weighted by Crippen LogP contribution is 2.26. The lowest BCUT2D eigenvalue weighted by Gasteiger charge is -2.11. The van der Waals surface area contributed by atoms with Crippen LogP contribution in [-0.2, 0) is 4.79 Å². The van der Waals surface area contributed by atoms with Gasteiger partial charge in [0.15, 0.2) is 5.58 Å². The van der Waals surface area contributed by atoms with Gasteiger partial charge in [0.1, 0.15) is 5.52 Å². The van der Waals surface area contributed by atoms with Gasteiger partial charge in [0.25, 0.3) is 5.22 Å². The van der Waals surface area contributed by atoms with E-state index in [0.717, 1.165) is 36.1 Å². The summed E-state index contributed by atoms with van der Waals surface area (Å²) in [6.45, 7) is 2.25. The van der Waals surface area contributed by atoms with Crippen molar-refractivity contribution in [1.29, 1.82) is 0 Å². The number of carboxylic acids is 1. The van der Waals surface area contributed by atoms with Gasteiger partial charge in [0, 0.05) is 5.75 Å². The van der Waals surface area contributed by atoms with E-state index in [9.17, 15) is 9.90 Å². The van der Waals surface area contributed by atoms with Crippen LogP contribution in [-0.4, -0.2) is 21.8 Å². The monoisotopic (exact) mass is 405 g/mol. The Bertz CT molecular complexity index is 652. The van der Waals surface area contributed by atoms with Gasteiger partial charge in [-0.3, -0.25) is 4.79 Å². The minimum Gasteiger partial charge on any atom is -0.481 e. The first-order valence-electron chi connectivity index (χ1n) is 10.9. The predicted octanol–water partition coefficient (Wildman–Crippen LogP) is 7.32. The van der Waals surface area contributed by atoms with E-state index >= 15 is 0 Å². The molecule has 0 aliphatic rings. The summed E-state index contributed by atoms with van der Waals surface area (Å²) in [6.07, 6.45) is 14.2. The van der Waals surface area contributed by atoms with E-state index in [1.54, 1.807) is 0 Å². The van der Waals surface area contributed by atoms with Crippen molar-refractivity contribution in [3.8, 4) is 0 Å². The highest BCUT2D eigenvalue weighted by atomic mass is 32.2. The molecule has 1 aromatic carbocycles. The normalized spacial score (nSPS) is 12.5. The standard InChI is InChI=1S/C23H35NO3S/c1-2-3-4-5-6-7-8-9-10-11-14-19(22(25)26)17-18-28-23-24-20-15-12-13-16-21(20)27-23/h12-13,15-16,19H,2-11,14,17-18H2,1H3,(H,25,26). The molecule has 28 heavy (non-hydrogen) atoms. The zero-order valence-electron chi connectivity index (χ0n) is 17.2. The molecule has 1 heterocycles. The lowest BCUT2D eigenvalue weighted by Crippen LogP contribution is -2.14. The second kappa shape index (κ2) is 13.6. The molecule has 1 N–H and O–H groups in total. The Labute approximate surface area is 173 Å². The molecule has 1 unspecified atom stereocenters. The maximum atomic E-state index is 11.5. The van der Waals surface area contributed by atoms with Crippen molar-refractivity contribution in [2.24, 2.45) is 5.92 Å². The second-order valence-electron chi connectivity index (χ2n) is 7.59. The molecule has 0 spiro atoms. The van der Waals surface area contributed by atoms with Gasteiger partial charge in [-0.15, -0.1) is 0 Å². The Morgan fingerprint density at radius 1 is 1.00 bits per heavy atom. The van der Waals surface area contributed by atoms with Gasteiger partial charge >= 0.3 is 5.97 Å². The van der Waals surface area contributed by atoms with Crippen LogP contribution >= 0.6 is 11.8 Å². The number of aliphatic carboxylic acids is 1. The molecule has 156 valence electrons. The van der Waals surface area contributed by atoms with Gasteiger partial charge in [-0.25, -0.2) is 4.98 Å². The Balaban J connectivity index is 1.55. The first-order chi connectivity index (χ1) is 13.7. The molecule has 0 radical (unpaired) electrons. The fourth-order valence-corrected chi connectivity index (χ4v) is 4.36. The van der Waals surface area contributed by atoms with Crippen LogP contribution < -0.4 is 0 Å². The molecule has 5 heteroatoms. The van der Waals surface area contributed by atoms with E-state index in [4.69, 9.17) is 4.42 Å². The molecule has 0 aliphatic heterocycles. The summed E-state index contributed by atoms with van der Waals surface area (Å²) in [7, 11) is 0. The minimum absolute atomic E-state index is 0.258. The smallest absolute Gasteiger partial charge is 0.306 e. The van der Waals surface area contributed by atoms with E-state index in [1.165, 1.54) is 63.1 Å². The molecule has 2 aromatic rings. The van der Waals surface area contributed by atoms with Gasteiger partial charge < -0.3 is 9.52 Å². The molecular formula is C23H35NO3S. The van der Waals surface area contributed by atoms with Crippen LogP contribution in [0.3, 0.4) is 0 Å². The summed E-state index contributed by atoms with van der Waals surface area (Å²) < 4.78 is 5.68. The van der Waals surface area contributed by atoms with Crippen molar-refractivity contribution < 1.29 is 14.3 Å². The average Bonchev–Trinajstić information content (AvgIpc) is 3.10. The molecule has 4 nitrogen and oxygen atoms in total. The first-order valence-corrected chi connectivity index (χ1v) is 11.9. The fourth-order valence-electron chi connectivity index (χ4n) is 3.47. The number of carboxylic acid groups (broad SMARTS) is 1. The van der Waals surface area contributed by atoms with Crippen LogP contribution in [0.1, 0.15) is 84.0 Å². The highest BCUT2D eigenvalue weighted by Gasteiger charge is 2.17. The Morgan fingerprint density at radius 2 is 1.64 bits per heavy atom. The van der Waals surface area contributed by atoms with Gasteiger partial charge in [-0.1, -0.05) is 95.0 Å². The summed E-state index contributed by atoms with van der Waals surface area (Å²) in [6, 6.07) is 7.69. The highest BCUT2D eigenvalue weighted by molar-refractivity contribution is 7.99. The van der Waals surface area contributed by atoms with E-state index in [2.05, 4.69) is 11.9 Å². The van der Waals surface area contributed by atoms with E-state index < -0.39 is 5.97 Å². The topological polar surface area (TPSA) is 63.3 Å². The summed E-state index contributed by atoms with van der Waals surface area (Å²) in [5.41, 5.74) is 1.63. The number of hydrogen-bond acceptors (Lipinski definition) is 4. The van der Waals surface area contributed by atoms with E-state index in [0.29, 0.717) is 11.6 Å². The number of thioether (sulfide) groups is 1. The fraction of sp³-hybridized carbons (Fsp3) is 0.652. The largest absolute Gasteiger partial charge is 0.481 e. The maximum absolute atomic E-state index is 11.5. The number of benzene rings is 1. The summed E-state index contributed by atoms with van der Waals surface area (Å²) in [5, 5.41) is 10.1. The van der Waals surface area contributed by atoms with Crippen molar-refractivity contribution in [3.63, 3.8) is 0 Å². The van der Waals surface area contributed by atoms with Crippen molar-refractivity contribution in [2.45, 2.75) is 89.2 Å². The summed E-state index contributed by atoms with van der Waals surface area (Å²) in [4.78, 5) is 16.0. The van der Waals surface area contributed by atoms with Crippen LogP contribution in [0.25, 0.3) is 11.1 Å². The number of nitrogens with zero attached hydrogens (tertiary/aromatic N) is 1. The van der Waals surface area contributed by atoms with E-state index in [1.807, 2.05) is 24.3 Å². The Hall–Kier alpha value is -1.49. The van der Waals surface area contributed by atoms with Gasteiger partial charge in [-0.2, -0.15) is 0 Å². The van der Waals surface area contributed by atoms with Gasteiger partial charge in [0.05, 0.1) is 5.92 Å². The van der Waals surface area contributed by atoms with Crippen molar-refractivity contribution in [3.05, 3.63) is 24.3 Å². The van der Waals surface area contributed by atoms with Gasteiger partial charge in [-0.05, 0) is 25.0 Å². The zero-order chi connectivity index (χ0) is 20.0. The number of hydrogen-bond donors (Lipinski definition) is 1. The lowest BCUT2D eigenvalue weighted by atomic mass is 9.98. The first kappa shape index (κ1) is 22.8. The molecule has 0 saturated carbocycles. The third-order valence-corrected chi connectivity index (χ3v) is 6.08. The number of oxazole rings is 1. The quantitative estimate of drug-likeness (QED) is 0.234. The van der Waals surface area contributed by atoms with Crippen LogP contribution in [0.15, 0.2) is 33.9 Å². The molecule has 1 aromatic heterocycles. The number of unbranched alkanes of at least 4 members (excludes halogenated alkanes) is 9. The van der Waals surface area contributed by atoms with Crippen LogP contribution in [0.2, 0.25) is 0 Å². The molecule has 0 aliphatic carbocycles. The van der Waals surface area contributed by atoms with Crippen LogP contribution in [0.4, 0.5) is 0 Å². The lowest BCUT2D eigenvalue weighted by molar-refractivity contribution is -0.142. The Kier molecular flexibility index (Phi) is 11.1. The average molecular weight is 406 g/mol. The number of fused-ring (bicyclic) bond motifs is 1. The molecule has 0 amide bonds. The van der Waals surface area contributed by atoms with Gasteiger partial charge in [0.2, 0.25) is 0 Å². The van der Waals surface area contributed by atoms with E-state index in [-0.39, 0.29) is 5.92 Å². The van der Waals surface area contributed by atoms with Crippen LogP contribution in [0, 0.1) is 5.92 Å². The number of para-hydroxylation sites is 2. The van der Waals surface area contributed by atoms with Crippen LogP contribution in [0.5, 0.6) is 0 Å². The minimum atomic E-state index is -0.672. The summed E-state index contributed by atoms with van der Waals surface area (Å²) >= 11 is 1.51. The molecular weight excluding hydrogens is 370 g/mol. The molecule has 2 rings (SSSR count). The van der Waals surface area contributed by atoms with Crippen molar-refractivity contribution >= 4 is 28.8 Å². The zero-order valence-corrected chi connectivity index (χ0v) is 18.0. The Morgan fingerprint density at radius 3 is 2.29 bits per heavy atom. The number of aromatic nitrogens is 1. The third kappa shape index (κ3) is 8.68. The van der Waals surface area contributed by atoms with Crippen molar-refractivity contribution in [2.75, 3.05) is 5.75 Å². The number of rotatable bonds is 16. The van der Waals surface area contributed by atoms with Crippen molar-refractivity contribution in [1.82, 2.24) is 4.98 Å². The molecule has 0 saturated heterocycles. The SMILES string of the molecule is CCCCCCCCCCCCC(CCSc1nc2ccccc2o1)C(=O)O. The number of carbonyl (C=O) groups is 1.